The van der Waals surface area contributed by atoms with Gasteiger partial charge in [-0.3, -0.25) is 0 Å². The maximum atomic E-state index is 9.35. The molecule has 1 aliphatic heterocycles. The normalized spacial score (nSPS) is 13.3. The molecule has 0 spiro atoms. The molecule has 0 saturated carbocycles. The summed E-state index contributed by atoms with van der Waals surface area (Å²) in [5, 5.41) is 9.35. The minimum atomic E-state index is 0.0108. The van der Waals surface area contributed by atoms with Gasteiger partial charge in [0.15, 0.2) is 0 Å². The number of benzene rings is 1. The number of hydrogen-bond donors (Lipinski definition) is 1. The van der Waals surface area contributed by atoms with Crippen LogP contribution in [-0.4, -0.2) is 32.0 Å². The van der Waals surface area contributed by atoms with Crippen LogP contribution in [0.25, 0.3) is 0 Å². The summed E-state index contributed by atoms with van der Waals surface area (Å²) in [5.74, 6) is 1.73. The molecule has 1 heterocycles. The van der Waals surface area contributed by atoms with Gasteiger partial charge in [0.05, 0.1) is 19.8 Å². The van der Waals surface area contributed by atoms with E-state index in [9.17, 15) is 5.11 Å². The van der Waals surface area contributed by atoms with Crippen molar-refractivity contribution in [3.05, 3.63) is 22.8 Å². The summed E-state index contributed by atoms with van der Waals surface area (Å²) in [6.07, 6.45) is 1.73. The number of aliphatic hydroxyl groups excluding tert-OH is 1. The zero-order valence-corrected chi connectivity index (χ0v) is 11.0. The van der Waals surface area contributed by atoms with Gasteiger partial charge >= 0.3 is 0 Å². The molecule has 100 valence electrons. The van der Waals surface area contributed by atoms with E-state index < -0.39 is 0 Å². The molecule has 1 N–H and O–H groups in total. The number of hydrogen-bond acceptors (Lipinski definition) is 4. The van der Waals surface area contributed by atoms with Gasteiger partial charge in [-0.25, -0.2) is 0 Å². The van der Waals surface area contributed by atoms with Gasteiger partial charge in [0.1, 0.15) is 11.5 Å². The summed E-state index contributed by atoms with van der Waals surface area (Å²) in [6, 6.07) is 1.92. The Hall–Kier alpha value is -1.26. The van der Waals surface area contributed by atoms with Gasteiger partial charge in [-0.15, -0.1) is 0 Å². The van der Waals surface area contributed by atoms with E-state index in [1.165, 1.54) is 0 Å². The SMILES string of the molecule is COCCCOc1c(C)c(CO)cc2c1CCO2. The third-order valence-electron chi connectivity index (χ3n) is 3.22. The minimum absolute atomic E-state index is 0.0108. The van der Waals surface area contributed by atoms with Gasteiger partial charge in [0.2, 0.25) is 0 Å². The van der Waals surface area contributed by atoms with E-state index in [4.69, 9.17) is 14.2 Å². The van der Waals surface area contributed by atoms with Crippen molar-refractivity contribution in [2.45, 2.75) is 26.4 Å². The number of ether oxygens (including phenoxy) is 3. The average molecular weight is 252 g/mol. The Morgan fingerprint density at radius 1 is 1.39 bits per heavy atom. The summed E-state index contributed by atoms with van der Waals surface area (Å²) < 4.78 is 16.4. The Morgan fingerprint density at radius 3 is 2.94 bits per heavy atom. The molecule has 0 bridgehead atoms. The van der Waals surface area contributed by atoms with Crippen LogP contribution in [0.5, 0.6) is 11.5 Å². The lowest BCUT2D eigenvalue weighted by Gasteiger charge is -2.15. The van der Waals surface area contributed by atoms with Crippen molar-refractivity contribution in [3.8, 4) is 11.5 Å². The zero-order chi connectivity index (χ0) is 13.0. The second kappa shape index (κ2) is 6.07. The van der Waals surface area contributed by atoms with Crippen molar-refractivity contribution in [2.24, 2.45) is 0 Å². The smallest absolute Gasteiger partial charge is 0.129 e. The van der Waals surface area contributed by atoms with Crippen LogP contribution in [0, 0.1) is 6.92 Å². The number of methoxy groups -OCH3 is 1. The van der Waals surface area contributed by atoms with Gasteiger partial charge in [0.25, 0.3) is 0 Å². The molecule has 0 amide bonds. The van der Waals surface area contributed by atoms with Crippen molar-refractivity contribution in [1.29, 1.82) is 0 Å². The molecule has 4 heteroatoms. The van der Waals surface area contributed by atoms with Crippen LogP contribution in [0.4, 0.5) is 0 Å². The third-order valence-corrected chi connectivity index (χ3v) is 3.22. The highest BCUT2D eigenvalue weighted by Gasteiger charge is 2.21. The van der Waals surface area contributed by atoms with E-state index in [1.54, 1.807) is 7.11 Å². The first kappa shape index (κ1) is 13.2. The fourth-order valence-electron chi connectivity index (χ4n) is 2.20. The van der Waals surface area contributed by atoms with E-state index in [0.717, 1.165) is 41.0 Å². The molecule has 0 fully saturated rings. The lowest BCUT2D eigenvalue weighted by atomic mass is 10.0. The van der Waals surface area contributed by atoms with Crippen molar-refractivity contribution in [2.75, 3.05) is 26.9 Å². The van der Waals surface area contributed by atoms with E-state index in [2.05, 4.69) is 0 Å². The highest BCUT2D eigenvalue weighted by Crippen LogP contribution is 2.38. The van der Waals surface area contributed by atoms with Crippen LogP contribution in [0.3, 0.4) is 0 Å². The molecule has 2 rings (SSSR count). The molecule has 0 aliphatic carbocycles. The van der Waals surface area contributed by atoms with Crippen LogP contribution in [-0.2, 0) is 17.8 Å². The summed E-state index contributed by atoms with van der Waals surface area (Å²) in [4.78, 5) is 0. The van der Waals surface area contributed by atoms with Gasteiger partial charge < -0.3 is 19.3 Å². The van der Waals surface area contributed by atoms with Gasteiger partial charge in [-0.05, 0) is 24.1 Å². The minimum Gasteiger partial charge on any atom is -0.493 e. The molecule has 0 atom stereocenters. The largest absolute Gasteiger partial charge is 0.493 e. The van der Waals surface area contributed by atoms with Crippen molar-refractivity contribution in [3.63, 3.8) is 0 Å². The molecule has 0 unspecified atom stereocenters. The molecule has 0 saturated heterocycles. The van der Waals surface area contributed by atoms with Gasteiger partial charge in [-0.2, -0.15) is 0 Å². The van der Waals surface area contributed by atoms with Gasteiger partial charge in [-0.1, -0.05) is 0 Å². The lowest BCUT2D eigenvalue weighted by Crippen LogP contribution is -2.05. The molecule has 1 aromatic carbocycles. The topological polar surface area (TPSA) is 47.9 Å². The van der Waals surface area contributed by atoms with E-state index in [-0.39, 0.29) is 6.61 Å². The predicted octanol–water partition coefficient (Wildman–Crippen LogP) is 1.84. The van der Waals surface area contributed by atoms with Crippen molar-refractivity contribution in [1.82, 2.24) is 0 Å². The quantitative estimate of drug-likeness (QED) is 0.785. The highest BCUT2D eigenvalue weighted by atomic mass is 16.5. The first-order valence-corrected chi connectivity index (χ1v) is 6.28. The Kier molecular flexibility index (Phi) is 4.44. The molecule has 0 aromatic heterocycles. The Labute approximate surface area is 107 Å². The molecular weight excluding hydrogens is 232 g/mol. The molecule has 18 heavy (non-hydrogen) atoms. The van der Waals surface area contributed by atoms with Crippen LogP contribution in [0.1, 0.15) is 23.1 Å². The van der Waals surface area contributed by atoms with Crippen LogP contribution < -0.4 is 9.47 Å². The summed E-state index contributed by atoms with van der Waals surface area (Å²) in [5.41, 5.74) is 3.01. The molecule has 1 aromatic rings. The Balaban J connectivity index is 2.19. The summed E-state index contributed by atoms with van der Waals surface area (Å²) in [6.45, 7) is 4.00. The fraction of sp³-hybridized carbons (Fsp3) is 0.571. The average Bonchev–Trinajstić information content (AvgIpc) is 2.84. The van der Waals surface area contributed by atoms with Crippen molar-refractivity contribution >= 4 is 0 Å². The standard InChI is InChI=1S/C14H20O4/c1-10-11(9-15)8-13-12(4-7-17-13)14(10)18-6-3-5-16-2/h8,15H,3-7,9H2,1-2H3. The van der Waals surface area contributed by atoms with E-state index >= 15 is 0 Å². The van der Waals surface area contributed by atoms with Crippen LogP contribution >= 0.6 is 0 Å². The monoisotopic (exact) mass is 252 g/mol. The lowest BCUT2D eigenvalue weighted by molar-refractivity contribution is 0.171. The zero-order valence-electron chi connectivity index (χ0n) is 11.0. The number of aliphatic hydroxyl groups is 1. The maximum Gasteiger partial charge on any atom is 0.129 e. The third kappa shape index (κ3) is 2.60. The highest BCUT2D eigenvalue weighted by molar-refractivity contribution is 5.55. The second-order valence-electron chi connectivity index (χ2n) is 4.42. The van der Waals surface area contributed by atoms with E-state index in [0.29, 0.717) is 19.8 Å². The Morgan fingerprint density at radius 2 is 2.22 bits per heavy atom. The predicted molar refractivity (Wildman–Crippen MR) is 68.3 cm³/mol. The van der Waals surface area contributed by atoms with Crippen molar-refractivity contribution < 1.29 is 19.3 Å². The summed E-state index contributed by atoms with van der Waals surface area (Å²) >= 11 is 0. The molecule has 1 aliphatic rings. The molecule has 0 radical (unpaired) electrons. The van der Waals surface area contributed by atoms with E-state index in [1.807, 2.05) is 13.0 Å². The Bertz CT molecular complexity index is 414. The van der Waals surface area contributed by atoms with Gasteiger partial charge in [0, 0.05) is 32.1 Å². The maximum absolute atomic E-state index is 9.35. The first-order valence-electron chi connectivity index (χ1n) is 6.28. The molecule has 4 nitrogen and oxygen atoms in total. The number of rotatable bonds is 6. The van der Waals surface area contributed by atoms with Crippen LogP contribution in [0.15, 0.2) is 6.07 Å². The fourth-order valence-corrected chi connectivity index (χ4v) is 2.20. The number of fused-ring (bicyclic) bond motifs is 1. The first-order chi connectivity index (χ1) is 8.77. The van der Waals surface area contributed by atoms with Crippen LogP contribution in [0.2, 0.25) is 0 Å². The second-order valence-corrected chi connectivity index (χ2v) is 4.42. The summed E-state index contributed by atoms with van der Waals surface area (Å²) in [7, 11) is 1.68. The molecular formula is C14H20O4.